The lowest BCUT2D eigenvalue weighted by Gasteiger charge is -2.28. The average Bonchev–Trinajstić information content (AvgIpc) is 2.95. The van der Waals surface area contributed by atoms with E-state index in [2.05, 4.69) is 10.0 Å². The van der Waals surface area contributed by atoms with Gasteiger partial charge in [-0.15, -0.1) is 0 Å². The van der Waals surface area contributed by atoms with E-state index in [0.717, 1.165) is 19.4 Å². The molecule has 1 unspecified atom stereocenters. The van der Waals surface area contributed by atoms with Gasteiger partial charge in [0.05, 0.1) is 28.7 Å². The van der Waals surface area contributed by atoms with Crippen molar-refractivity contribution in [2.45, 2.75) is 23.3 Å². The van der Waals surface area contributed by atoms with Gasteiger partial charge in [0.25, 0.3) is 0 Å². The van der Waals surface area contributed by atoms with Gasteiger partial charge in [0, 0.05) is 13.7 Å². The Labute approximate surface area is 125 Å². The second kappa shape index (κ2) is 6.54. The van der Waals surface area contributed by atoms with Gasteiger partial charge >= 0.3 is 0 Å². The number of benzene rings is 1. The average molecular weight is 309 g/mol. The molecule has 1 aromatic rings. The molecule has 1 heterocycles. The molecule has 114 valence electrons. The molecule has 0 aliphatic carbocycles. The molecule has 0 spiro atoms. The number of ether oxygens (including phenoxy) is 1. The fourth-order valence-corrected chi connectivity index (χ4v) is 3.69. The van der Waals surface area contributed by atoms with Gasteiger partial charge in [0.2, 0.25) is 10.0 Å². The van der Waals surface area contributed by atoms with Gasteiger partial charge < -0.3 is 10.1 Å². The Morgan fingerprint density at radius 1 is 1.52 bits per heavy atom. The largest absolute Gasteiger partial charge is 0.383 e. The number of hydrogen-bond donors (Lipinski definition) is 2. The molecule has 1 atom stereocenters. The molecule has 2 N–H and O–H groups in total. The molecule has 2 rings (SSSR count). The zero-order chi connectivity index (χ0) is 15.3. The van der Waals surface area contributed by atoms with Gasteiger partial charge in [-0.3, -0.25) is 0 Å². The maximum atomic E-state index is 12.3. The normalized spacial score (nSPS) is 22.1. The number of nitriles is 1. The van der Waals surface area contributed by atoms with E-state index in [4.69, 9.17) is 10.00 Å². The maximum absolute atomic E-state index is 12.3. The van der Waals surface area contributed by atoms with Gasteiger partial charge in [-0.1, -0.05) is 6.07 Å². The fraction of sp³-hybridized carbons (Fsp3) is 0.500. The van der Waals surface area contributed by atoms with E-state index in [-0.39, 0.29) is 17.0 Å². The Morgan fingerprint density at radius 2 is 2.33 bits per heavy atom. The summed E-state index contributed by atoms with van der Waals surface area (Å²) in [6.45, 7) is 1.57. The van der Waals surface area contributed by atoms with Crippen molar-refractivity contribution < 1.29 is 13.2 Å². The number of rotatable bonds is 6. The van der Waals surface area contributed by atoms with Gasteiger partial charge in [0.1, 0.15) is 0 Å². The molecule has 6 nitrogen and oxygen atoms in total. The highest BCUT2D eigenvalue weighted by Gasteiger charge is 2.34. The van der Waals surface area contributed by atoms with Crippen LogP contribution < -0.4 is 10.0 Å². The van der Waals surface area contributed by atoms with Crippen LogP contribution in [-0.4, -0.2) is 40.8 Å². The minimum atomic E-state index is -3.63. The van der Waals surface area contributed by atoms with Crippen LogP contribution in [0.15, 0.2) is 29.2 Å². The zero-order valence-corrected chi connectivity index (χ0v) is 12.7. The molecule has 0 aromatic heterocycles. The van der Waals surface area contributed by atoms with Crippen molar-refractivity contribution in [2.75, 3.05) is 26.8 Å². The summed E-state index contributed by atoms with van der Waals surface area (Å²) >= 11 is 0. The Kier molecular flexibility index (Phi) is 4.96. The van der Waals surface area contributed by atoms with E-state index < -0.39 is 10.0 Å². The first-order chi connectivity index (χ1) is 10.0. The topological polar surface area (TPSA) is 91.2 Å². The van der Waals surface area contributed by atoms with Crippen LogP contribution >= 0.6 is 0 Å². The summed E-state index contributed by atoms with van der Waals surface area (Å²) in [6.07, 6.45) is 1.86. The van der Waals surface area contributed by atoms with Gasteiger partial charge in [-0.05, 0) is 37.6 Å². The predicted molar refractivity (Wildman–Crippen MR) is 78.2 cm³/mol. The van der Waals surface area contributed by atoms with Crippen molar-refractivity contribution in [3.8, 4) is 6.07 Å². The number of hydrogen-bond acceptors (Lipinski definition) is 5. The molecule has 21 heavy (non-hydrogen) atoms. The number of nitrogens with one attached hydrogen (secondary N) is 2. The molecule has 1 aliphatic rings. The molecular weight excluding hydrogens is 290 g/mol. The van der Waals surface area contributed by atoms with Crippen LogP contribution in [-0.2, 0) is 14.8 Å². The van der Waals surface area contributed by atoms with Crippen molar-refractivity contribution in [1.82, 2.24) is 10.0 Å². The van der Waals surface area contributed by atoms with E-state index in [1.165, 1.54) is 12.1 Å². The summed E-state index contributed by atoms with van der Waals surface area (Å²) in [4.78, 5) is 0.104. The van der Waals surface area contributed by atoms with Crippen molar-refractivity contribution in [2.24, 2.45) is 0 Å². The highest BCUT2D eigenvalue weighted by atomic mass is 32.2. The quantitative estimate of drug-likeness (QED) is 0.803. The third-order valence-corrected chi connectivity index (χ3v) is 5.03. The summed E-state index contributed by atoms with van der Waals surface area (Å²) < 4.78 is 32.4. The summed E-state index contributed by atoms with van der Waals surface area (Å²) in [5.41, 5.74) is -0.0299. The Hall–Kier alpha value is -1.46. The standard InChI is InChI=1S/C14H19N3O3S/c1-20-11-14(6-3-7-16-14)10-17-21(18,19)13-5-2-4-12(8-13)9-15/h2,4-5,8,16-17H,3,6-7,10-11H2,1H3. The van der Waals surface area contributed by atoms with Gasteiger partial charge in [-0.25, -0.2) is 13.1 Å². The highest BCUT2D eigenvalue weighted by Crippen LogP contribution is 2.20. The molecule has 1 saturated heterocycles. The minimum absolute atomic E-state index is 0.104. The molecule has 0 saturated carbocycles. The molecule has 1 aliphatic heterocycles. The Bertz CT molecular complexity index is 631. The summed E-state index contributed by atoms with van der Waals surface area (Å²) in [5.74, 6) is 0. The maximum Gasteiger partial charge on any atom is 0.240 e. The zero-order valence-electron chi connectivity index (χ0n) is 11.9. The molecule has 0 radical (unpaired) electrons. The predicted octanol–water partition coefficient (Wildman–Crippen LogP) is 0.605. The van der Waals surface area contributed by atoms with Crippen LogP contribution in [0.2, 0.25) is 0 Å². The van der Waals surface area contributed by atoms with Crippen LogP contribution in [0, 0.1) is 11.3 Å². The molecule has 7 heteroatoms. The van der Waals surface area contributed by atoms with Gasteiger partial charge in [0.15, 0.2) is 0 Å². The lowest BCUT2D eigenvalue weighted by molar-refractivity contribution is 0.122. The lowest BCUT2D eigenvalue weighted by Crippen LogP contribution is -2.52. The summed E-state index contributed by atoms with van der Waals surface area (Å²) in [7, 11) is -2.03. The fourth-order valence-electron chi connectivity index (χ4n) is 2.52. The minimum Gasteiger partial charge on any atom is -0.383 e. The van der Waals surface area contributed by atoms with Crippen LogP contribution in [0.25, 0.3) is 0 Å². The Morgan fingerprint density at radius 3 is 2.95 bits per heavy atom. The smallest absolute Gasteiger partial charge is 0.240 e. The SMILES string of the molecule is COCC1(CNS(=O)(=O)c2cccc(C#N)c2)CCCN1. The molecule has 0 bridgehead atoms. The van der Waals surface area contributed by atoms with Crippen LogP contribution in [0.4, 0.5) is 0 Å². The van der Waals surface area contributed by atoms with E-state index in [0.29, 0.717) is 12.2 Å². The van der Waals surface area contributed by atoms with Crippen molar-refractivity contribution >= 4 is 10.0 Å². The first kappa shape index (κ1) is 15.9. The van der Waals surface area contributed by atoms with Crippen LogP contribution in [0.5, 0.6) is 0 Å². The second-order valence-corrected chi connectivity index (χ2v) is 6.97. The number of methoxy groups -OCH3 is 1. The van der Waals surface area contributed by atoms with E-state index >= 15 is 0 Å². The third kappa shape index (κ3) is 3.80. The molecule has 1 fully saturated rings. The van der Waals surface area contributed by atoms with Crippen molar-refractivity contribution in [3.63, 3.8) is 0 Å². The van der Waals surface area contributed by atoms with Crippen molar-refractivity contribution in [1.29, 1.82) is 5.26 Å². The monoisotopic (exact) mass is 309 g/mol. The van der Waals surface area contributed by atoms with E-state index in [1.807, 2.05) is 6.07 Å². The first-order valence-corrected chi connectivity index (χ1v) is 8.23. The highest BCUT2D eigenvalue weighted by molar-refractivity contribution is 7.89. The molecular formula is C14H19N3O3S. The Balaban J connectivity index is 2.12. The van der Waals surface area contributed by atoms with Crippen molar-refractivity contribution in [3.05, 3.63) is 29.8 Å². The van der Waals surface area contributed by atoms with E-state index in [1.54, 1.807) is 19.2 Å². The lowest BCUT2D eigenvalue weighted by atomic mass is 9.99. The summed E-state index contributed by atoms with van der Waals surface area (Å²) in [6, 6.07) is 7.92. The third-order valence-electron chi connectivity index (χ3n) is 3.63. The summed E-state index contributed by atoms with van der Waals surface area (Å²) in [5, 5.41) is 12.2. The van der Waals surface area contributed by atoms with Gasteiger partial charge in [-0.2, -0.15) is 5.26 Å². The van der Waals surface area contributed by atoms with E-state index in [9.17, 15) is 8.42 Å². The molecule has 0 amide bonds. The first-order valence-electron chi connectivity index (χ1n) is 6.75. The second-order valence-electron chi connectivity index (χ2n) is 5.21. The number of nitrogens with zero attached hydrogens (tertiary/aromatic N) is 1. The molecule has 1 aromatic carbocycles. The van der Waals surface area contributed by atoms with Crippen LogP contribution in [0.1, 0.15) is 18.4 Å². The number of sulfonamides is 1. The van der Waals surface area contributed by atoms with Crippen LogP contribution in [0.3, 0.4) is 0 Å².